The minimum atomic E-state index is -0.725. The zero-order valence-corrected chi connectivity index (χ0v) is 15.9. The van der Waals surface area contributed by atoms with E-state index in [1.807, 2.05) is 0 Å². The van der Waals surface area contributed by atoms with E-state index >= 15 is 0 Å². The van der Waals surface area contributed by atoms with Crippen LogP contribution in [0.4, 0.5) is 4.79 Å². The molecule has 0 bridgehead atoms. The summed E-state index contributed by atoms with van der Waals surface area (Å²) in [5, 5.41) is 8.89. The molecule has 3 aliphatic rings. The van der Waals surface area contributed by atoms with Gasteiger partial charge >= 0.3 is 6.09 Å². The van der Waals surface area contributed by atoms with Crippen LogP contribution in [0.1, 0.15) is 26.2 Å². The van der Waals surface area contributed by atoms with Gasteiger partial charge in [-0.3, -0.25) is 14.9 Å². The third kappa shape index (κ3) is 4.62. The highest BCUT2D eigenvalue weighted by molar-refractivity contribution is 8.01. The van der Waals surface area contributed by atoms with Crippen molar-refractivity contribution in [3.05, 3.63) is 0 Å². The molecular weight excluding hydrogens is 362 g/mol. The first-order valence-electron chi connectivity index (χ1n) is 8.84. The molecule has 3 N–H and O–H groups in total. The molecule has 5 unspecified atom stereocenters. The number of nitrogens with one attached hydrogen (secondary N) is 3. The van der Waals surface area contributed by atoms with E-state index in [0.29, 0.717) is 17.6 Å². The largest absolute Gasteiger partial charge is 0.450 e. The van der Waals surface area contributed by atoms with Gasteiger partial charge in [-0.1, -0.05) is 0 Å². The van der Waals surface area contributed by atoms with Crippen LogP contribution in [0.15, 0.2) is 0 Å². The Hall–Kier alpha value is -0.930. The Kier molecular flexibility index (Phi) is 6.51. The number of fused-ring (bicyclic) bond motifs is 1. The second-order valence-corrected chi connectivity index (χ2v) is 9.25. The van der Waals surface area contributed by atoms with E-state index in [4.69, 9.17) is 4.74 Å². The highest BCUT2D eigenvalue weighted by Gasteiger charge is 2.42. The molecule has 3 amide bonds. The van der Waals surface area contributed by atoms with Crippen LogP contribution >= 0.6 is 23.5 Å². The fourth-order valence-electron chi connectivity index (χ4n) is 3.62. The number of hydrogen-bond acceptors (Lipinski definition) is 7. The third-order valence-corrected chi connectivity index (χ3v) is 7.84. The van der Waals surface area contributed by atoms with Gasteiger partial charge in [-0.25, -0.2) is 4.79 Å². The number of rotatable bonds is 4. The lowest BCUT2D eigenvalue weighted by Crippen LogP contribution is -2.46. The fourth-order valence-corrected chi connectivity index (χ4v) is 6.61. The predicted molar refractivity (Wildman–Crippen MR) is 98.4 cm³/mol. The third-order valence-electron chi connectivity index (χ3n) is 4.93. The summed E-state index contributed by atoms with van der Waals surface area (Å²) in [5.41, 5.74) is 0. The molecule has 9 heteroatoms. The van der Waals surface area contributed by atoms with Crippen LogP contribution < -0.4 is 16.0 Å². The van der Waals surface area contributed by atoms with E-state index in [-0.39, 0.29) is 29.0 Å². The summed E-state index contributed by atoms with van der Waals surface area (Å²) in [7, 11) is 0. The Labute approximate surface area is 156 Å². The van der Waals surface area contributed by atoms with Crippen LogP contribution in [0.25, 0.3) is 0 Å². The van der Waals surface area contributed by atoms with E-state index < -0.39 is 12.0 Å². The molecule has 0 aromatic carbocycles. The van der Waals surface area contributed by atoms with Crippen molar-refractivity contribution in [3.63, 3.8) is 0 Å². The van der Waals surface area contributed by atoms with Crippen LogP contribution in [0, 0.1) is 11.8 Å². The van der Waals surface area contributed by atoms with E-state index in [1.54, 1.807) is 30.4 Å². The van der Waals surface area contributed by atoms with Gasteiger partial charge in [-0.05, 0) is 44.4 Å². The highest BCUT2D eigenvalue weighted by Crippen LogP contribution is 2.42. The Balaban J connectivity index is 1.51. The van der Waals surface area contributed by atoms with Gasteiger partial charge in [-0.15, -0.1) is 23.5 Å². The molecule has 0 aromatic heterocycles. The number of ether oxygens (including phenoxy) is 1. The lowest BCUT2D eigenvalue weighted by Gasteiger charge is -2.24. The van der Waals surface area contributed by atoms with Crippen molar-refractivity contribution < 1.29 is 19.1 Å². The molecule has 3 fully saturated rings. The van der Waals surface area contributed by atoms with Crippen LogP contribution in [-0.2, 0) is 14.3 Å². The Morgan fingerprint density at radius 1 is 1.24 bits per heavy atom. The molecule has 0 radical (unpaired) electrons. The maximum absolute atomic E-state index is 12.6. The molecule has 3 saturated heterocycles. The number of amides is 3. The van der Waals surface area contributed by atoms with Crippen molar-refractivity contribution in [1.82, 2.24) is 16.0 Å². The topological polar surface area (TPSA) is 96.5 Å². The molecule has 3 rings (SSSR count). The number of carbonyl (C=O) groups is 3. The quantitative estimate of drug-likeness (QED) is 0.660. The minimum Gasteiger partial charge on any atom is -0.450 e. The first-order chi connectivity index (χ1) is 12.1. The normalized spacial score (nSPS) is 34.2. The van der Waals surface area contributed by atoms with Gasteiger partial charge in [0, 0.05) is 11.8 Å². The molecule has 0 aromatic rings. The van der Waals surface area contributed by atoms with Crippen LogP contribution in [0.5, 0.6) is 0 Å². The van der Waals surface area contributed by atoms with Gasteiger partial charge < -0.3 is 15.4 Å². The Morgan fingerprint density at radius 3 is 2.84 bits per heavy atom. The number of carbonyl (C=O) groups excluding carboxylic acids is 3. The molecule has 25 heavy (non-hydrogen) atoms. The summed E-state index contributed by atoms with van der Waals surface area (Å²) in [6.07, 6.45) is 1.97. The molecule has 3 aliphatic heterocycles. The summed E-state index contributed by atoms with van der Waals surface area (Å²) < 4.78 is 4.75. The first kappa shape index (κ1) is 18.8. The van der Waals surface area contributed by atoms with E-state index in [1.165, 1.54) is 0 Å². The first-order valence-corrected chi connectivity index (χ1v) is 10.8. The molecule has 0 aliphatic carbocycles. The number of thioether (sulfide) groups is 2. The van der Waals surface area contributed by atoms with Gasteiger partial charge in [0.15, 0.2) is 0 Å². The van der Waals surface area contributed by atoms with Gasteiger partial charge in [0.25, 0.3) is 0 Å². The van der Waals surface area contributed by atoms with Crippen molar-refractivity contribution in [1.29, 1.82) is 0 Å². The second kappa shape index (κ2) is 8.64. The Bertz CT molecular complexity index is 520. The summed E-state index contributed by atoms with van der Waals surface area (Å²) >= 11 is 3.32. The average Bonchev–Trinajstić information content (AvgIpc) is 3.21. The maximum Gasteiger partial charge on any atom is 0.413 e. The van der Waals surface area contributed by atoms with Crippen LogP contribution in [0.2, 0.25) is 0 Å². The second-order valence-electron chi connectivity index (χ2n) is 6.56. The SMILES string of the molecule is CCOC(=O)NC(=O)C1CCSC1NC(=O)C1CC2CCNCC2S1. The number of piperidine rings is 1. The standard InChI is InChI=1S/C16H25N3O4S2/c1-2-23-16(22)19-13(20)10-4-6-24-15(10)18-14(21)11-7-9-3-5-17-8-12(9)25-11/h9-12,15,17H,2-8H2,1H3,(H,18,21)(H,19,20,22). The summed E-state index contributed by atoms with van der Waals surface area (Å²) in [6, 6.07) is 0. The smallest absolute Gasteiger partial charge is 0.413 e. The molecule has 3 heterocycles. The highest BCUT2D eigenvalue weighted by atomic mass is 32.2. The van der Waals surface area contributed by atoms with Crippen molar-refractivity contribution in [2.24, 2.45) is 11.8 Å². The van der Waals surface area contributed by atoms with Crippen LogP contribution in [-0.4, -0.2) is 59.2 Å². The molecule has 0 spiro atoms. The average molecular weight is 388 g/mol. The summed E-state index contributed by atoms with van der Waals surface area (Å²) in [5.74, 6) is 0.659. The van der Waals surface area contributed by atoms with Crippen molar-refractivity contribution in [2.75, 3.05) is 25.4 Å². The van der Waals surface area contributed by atoms with Crippen molar-refractivity contribution in [3.8, 4) is 0 Å². The van der Waals surface area contributed by atoms with Gasteiger partial charge in [0.1, 0.15) is 0 Å². The van der Waals surface area contributed by atoms with Gasteiger partial charge in [0.2, 0.25) is 11.8 Å². The van der Waals surface area contributed by atoms with E-state index in [2.05, 4.69) is 16.0 Å². The lowest BCUT2D eigenvalue weighted by molar-refractivity contribution is -0.125. The maximum atomic E-state index is 12.6. The fraction of sp³-hybridized carbons (Fsp3) is 0.812. The summed E-state index contributed by atoms with van der Waals surface area (Å²) in [4.78, 5) is 36.3. The molecule has 0 saturated carbocycles. The van der Waals surface area contributed by atoms with Gasteiger partial charge in [-0.2, -0.15) is 0 Å². The van der Waals surface area contributed by atoms with Gasteiger partial charge in [0.05, 0.1) is 23.1 Å². The van der Waals surface area contributed by atoms with Crippen molar-refractivity contribution >= 4 is 41.4 Å². The molecular formula is C16H25N3O4S2. The Morgan fingerprint density at radius 2 is 2.08 bits per heavy atom. The number of hydrogen-bond donors (Lipinski definition) is 3. The molecule has 140 valence electrons. The van der Waals surface area contributed by atoms with E-state index in [0.717, 1.165) is 31.7 Å². The monoisotopic (exact) mass is 387 g/mol. The zero-order valence-electron chi connectivity index (χ0n) is 14.3. The van der Waals surface area contributed by atoms with Crippen molar-refractivity contribution in [2.45, 2.75) is 42.1 Å². The summed E-state index contributed by atoms with van der Waals surface area (Å²) in [6.45, 7) is 3.91. The lowest BCUT2D eigenvalue weighted by atomic mass is 9.93. The van der Waals surface area contributed by atoms with Crippen LogP contribution in [0.3, 0.4) is 0 Å². The van der Waals surface area contributed by atoms with E-state index in [9.17, 15) is 14.4 Å². The molecule has 7 nitrogen and oxygen atoms in total. The predicted octanol–water partition coefficient (Wildman–Crippen LogP) is 0.938. The zero-order chi connectivity index (χ0) is 17.8. The number of imide groups is 1. The molecule has 5 atom stereocenters. The number of alkyl carbamates (subject to hydrolysis) is 1. The minimum absolute atomic E-state index is 0.0211.